The summed E-state index contributed by atoms with van der Waals surface area (Å²) >= 11 is 0. The van der Waals surface area contributed by atoms with Gasteiger partial charge in [0.15, 0.2) is 0 Å². The molecule has 0 aliphatic carbocycles. The van der Waals surface area contributed by atoms with Gasteiger partial charge in [-0.25, -0.2) is 9.59 Å². The van der Waals surface area contributed by atoms with Crippen LogP contribution in [0, 0.1) is 0 Å². The van der Waals surface area contributed by atoms with E-state index >= 15 is 0 Å². The lowest BCUT2D eigenvalue weighted by Gasteiger charge is -2.32. The summed E-state index contributed by atoms with van der Waals surface area (Å²) in [6.07, 6.45) is 0. The first-order valence-corrected chi connectivity index (χ1v) is 9.75. The zero-order chi connectivity index (χ0) is 23.1. The van der Waals surface area contributed by atoms with Crippen molar-refractivity contribution in [2.24, 2.45) is 0 Å². The predicted octanol–water partition coefficient (Wildman–Crippen LogP) is 2.02. The van der Waals surface area contributed by atoms with Crippen LogP contribution in [0.25, 0.3) is 0 Å². The molecule has 0 saturated heterocycles. The van der Waals surface area contributed by atoms with Crippen molar-refractivity contribution < 1.29 is 33.3 Å². The molecule has 2 aromatic rings. The third-order valence-corrected chi connectivity index (χ3v) is 4.88. The van der Waals surface area contributed by atoms with Crippen LogP contribution in [0.5, 0.6) is 5.75 Å². The van der Waals surface area contributed by atoms with Gasteiger partial charge in [-0.15, -0.1) is 0 Å². The zero-order valence-corrected chi connectivity index (χ0v) is 18.0. The van der Waals surface area contributed by atoms with E-state index in [4.69, 9.17) is 18.9 Å². The van der Waals surface area contributed by atoms with Gasteiger partial charge in [0.05, 0.1) is 44.8 Å². The molecule has 1 aliphatic heterocycles. The number of amides is 1. The largest absolute Gasteiger partial charge is 0.497 e. The Balaban J connectivity index is 1.90. The number of hydrogen-bond acceptors (Lipinski definition) is 8. The molecule has 0 bridgehead atoms. The van der Waals surface area contributed by atoms with E-state index in [1.54, 1.807) is 31.4 Å². The number of nitrogens with one attached hydrogen (secondary N) is 1. The Morgan fingerprint density at radius 1 is 0.969 bits per heavy atom. The second-order valence-electron chi connectivity index (χ2n) is 6.76. The first kappa shape index (κ1) is 22.8. The lowest BCUT2D eigenvalue weighted by molar-refractivity contribution is -0.140. The molecule has 0 unspecified atom stereocenters. The van der Waals surface area contributed by atoms with Gasteiger partial charge in [-0.05, 0) is 29.8 Å². The van der Waals surface area contributed by atoms with E-state index in [2.05, 4.69) is 5.32 Å². The Kier molecular flexibility index (Phi) is 7.45. The van der Waals surface area contributed by atoms with E-state index in [0.717, 1.165) is 11.3 Å². The first-order valence-electron chi connectivity index (χ1n) is 9.75. The minimum atomic E-state index is -0.734. The topological polar surface area (TPSA) is 103 Å². The highest BCUT2D eigenvalue weighted by Crippen LogP contribution is 2.29. The molecule has 0 spiro atoms. The Hall–Kier alpha value is -3.85. The number of para-hydroxylation sites is 1. The van der Waals surface area contributed by atoms with Crippen LogP contribution in [0.15, 0.2) is 59.8 Å². The van der Waals surface area contributed by atoms with Gasteiger partial charge in [0.1, 0.15) is 18.2 Å². The molecule has 3 rings (SSSR count). The normalized spacial score (nSPS) is 13.4. The first-order chi connectivity index (χ1) is 15.5. The summed E-state index contributed by atoms with van der Waals surface area (Å²) in [5.41, 5.74) is 1.57. The lowest BCUT2D eigenvalue weighted by atomic mass is 10.1. The molecule has 0 fully saturated rings. The van der Waals surface area contributed by atoms with Gasteiger partial charge in [-0.3, -0.25) is 4.79 Å². The van der Waals surface area contributed by atoms with Gasteiger partial charge in [0.2, 0.25) is 0 Å². The van der Waals surface area contributed by atoms with Crippen LogP contribution >= 0.6 is 0 Å². The van der Waals surface area contributed by atoms with Crippen molar-refractivity contribution in [3.8, 4) is 5.75 Å². The average molecular weight is 440 g/mol. The lowest BCUT2D eigenvalue weighted by Crippen LogP contribution is -2.40. The van der Waals surface area contributed by atoms with Crippen molar-refractivity contribution in [3.05, 3.63) is 70.9 Å². The summed E-state index contributed by atoms with van der Waals surface area (Å²) in [5, 5.41) is 2.86. The Morgan fingerprint density at radius 3 is 2.31 bits per heavy atom. The molecular formula is C23H24N2O7. The molecule has 0 atom stereocenters. The number of nitrogens with zero attached hydrogens (tertiary/aromatic N) is 1. The Bertz CT molecular complexity index is 1030. The van der Waals surface area contributed by atoms with Crippen LogP contribution in [-0.4, -0.2) is 52.5 Å². The highest BCUT2D eigenvalue weighted by Gasteiger charge is 2.33. The van der Waals surface area contributed by atoms with Gasteiger partial charge in [-0.2, -0.15) is 0 Å². The summed E-state index contributed by atoms with van der Waals surface area (Å²) in [7, 11) is 4.01. The Morgan fingerprint density at radius 2 is 1.66 bits per heavy atom. The van der Waals surface area contributed by atoms with Crippen LogP contribution in [0.4, 0.5) is 5.69 Å². The predicted molar refractivity (Wildman–Crippen MR) is 115 cm³/mol. The van der Waals surface area contributed by atoms with Crippen molar-refractivity contribution in [3.63, 3.8) is 0 Å². The van der Waals surface area contributed by atoms with Crippen LogP contribution in [-0.2, 0) is 30.3 Å². The quantitative estimate of drug-likeness (QED) is 0.653. The number of benzene rings is 2. The van der Waals surface area contributed by atoms with E-state index in [9.17, 15) is 14.4 Å². The maximum absolute atomic E-state index is 13.0. The second-order valence-corrected chi connectivity index (χ2v) is 6.76. The number of carbonyl (C=O) groups excluding carboxylic acids is 3. The van der Waals surface area contributed by atoms with E-state index < -0.39 is 11.9 Å². The monoisotopic (exact) mass is 440 g/mol. The second kappa shape index (κ2) is 10.5. The molecule has 0 aromatic heterocycles. The van der Waals surface area contributed by atoms with Crippen molar-refractivity contribution in [2.75, 3.05) is 39.6 Å². The van der Waals surface area contributed by atoms with Crippen LogP contribution in [0.2, 0.25) is 0 Å². The number of rotatable bonds is 7. The van der Waals surface area contributed by atoms with Crippen LogP contribution in [0.3, 0.4) is 0 Å². The summed E-state index contributed by atoms with van der Waals surface area (Å²) in [6.45, 7) is 0.133. The smallest absolute Gasteiger partial charge is 0.355 e. The molecule has 1 aliphatic rings. The minimum Gasteiger partial charge on any atom is -0.497 e. The molecule has 168 valence electrons. The summed E-state index contributed by atoms with van der Waals surface area (Å²) in [4.78, 5) is 39.2. The maximum Gasteiger partial charge on any atom is 0.355 e. The standard InChI is InChI=1S/C23H24N2O7/c1-29-16-10-8-15(9-11-16)12-24-21(26)17-6-4-5-7-19(17)25-14-32-13-18(22(27)30-2)20(25)23(28)31-3/h4-11H,12-14H2,1-3H3,(H,24,26). The number of anilines is 1. The summed E-state index contributed by atoms with van der Waals surface area (Å²) < 4.78 is 20.3. The van der Waals surface area contributed by atoms with Crippen molar-refractivity contribution in [1.82, 2.24) is 5.32 Å². The van der Waals surface area contributed by atoms with Crippen molar-refractivity contribution >= 4 is 23.5 Å². The number of carbonyl (C=O) groups is 3. The third-order valence-electron chi connectivity index (χ3n) is 4.88. The fourth-order valence-corrected chi connectivity index (χ4v) is 3.26. The van der Waals surface area contributed by atoms with Gasteiger partial charge in [-0.1, -0.05) is 24.3 Å². The number of esters is 2. The molecule has 32 heavy (non-hydrogen) atoms. The Labute approximate surface area is 185 Å². The number of methoxy groups -OCH3 is 3. The van der Waals surface area contributed by atoms with Gasteiger partial charge in [0.25, 0.3) is 5.91 Å². The maximum atomic E-state index is 13.0. The number of ether oxygens (including phenoxy) is 4. The molecule has 0 saturated carbocycles. The SMILES string of the molecule is COC(=O)C1=C(C(=O)OC)N(c2ccccc2C(=O)NCc2ccc(OC)cc2)COC1. The summed E-state index contributed by atoms with van der Waals surface area (Å²) in [6, 6.07) is 14.0. The van der Waals surface area contributed by atoms with Gasteiger partial charge in [0, 0.05) is 6.54 Å². The fourth-order valence-electron chi connectivity index (χ4n) is 3.26. The summed E-state index contributed by atoms with van der Waals surface area (Å²) in [5.74, 6) is -1.08. The molecular weight excluding hydrogens is 416 g/mol. The van der Waals surface area contributed by atoms with E-state index in [1.807, 2.05) is 24.3 Å². The van der Waals surface area contributed by atoms with Crippen molar-refractivity contribution in [1.29, 1.82) is 0 Å². The van der Waals surface area contributed by atoms with Crippen molar-refractivity contribution in [2.45, 2.75) is 6.54 Å². The number of hydrogen-bond donors (Lipinski definition) is 1. The highest BCUT2D eigenvalue weighted by atomic mass is 16.5. The fraction of sp³-hybridized carbons (Fsp3) is 0.261. The molecule has 2 aromatic carbocycles. The average Bonchev–Trinajstić information content (AvgIpc) is 2.86. The zero-order valence-electron chi connectivity index (χ0n) is 18.0. The minimum absolute atomic E-state index is 0.0130. The molecule has 0 radical (unpaired) electrons. The molecule has 9 heteroatoms. The molecule has 1 amide bonds. The van der Waals surface area contributed by atoms with Gasteiger partial charge >= 0.3 is 11.9 Å². The van der Waals surface area contributed by atoms with Crippen LogP contribution in [0.1, 0.15) is 15.9 Å². The molecule has 1 heterocycles. The van der Waals surface area contributed by atoms with E-state index in [0.29, 0.717) is 17.8 Å². The molecule has 9 nitrogen and oxygen atoms in total. The van der Waals surface area contributed by atoms with E-state index in [1.165, 1.54) is 19.1 Å². The highest BCUT2D eigenvalue weighted by molar-refractivity contribution is 6.06. The third kappa shape index (κ3) is 4.89. The van der Waals surface area contributed by atoms with Gasteiger partial charge < -0.3 is 29.2 Å². The van der Waals surface area contributed by atoms with E-state index in [-0.39, 0.29) is 30.5 Å². The molecule has 1 N–H and O–H groups in total. The van der Waals surface area contributed by atoms with Crippen LogP contribution < -0.4 is 15.0 Å².